The lowest BCUT2D eigenvalue weighted by Gasteiger charge is -2.40. The van der Waals surface area contributed by atoms with Crippen molar-refractivity contribution in [2.45, 2.75) is 32.4 Å². The van der Waals surface area contributed by atoms with Gasteiger partial charge in [-0.1, -0.05) is 30.3 Å². The van der Waals surface area contributed by atoms with Crippen molar-refractivity contribution in [1.29, 1.82) is 0 Å². The van der Waals surface area contributed by atoms with Gasteiger partial charge in [0.1, 0.15) is 5.75 Å². The molecule has 6 nitrogen and oxygen atoms in total. The van der Waals surface area contributed by atoms with Crippen LogP contribution in [0.3, 0.4) is 0 Å². The van der Waals surface area contributed by atoms with Crippen molar-refractivity contribution < 1.29 is 4.74 Å². The van der Waals surface area contributed by atoms with E-state index in [0.717, 1.165) is 44.0 Å². The van der Waals surface area contributed by atoms with Crippen molar-refractivity contribution in [3.05, 3.63) is 60.2 Å². The normalized spacial score (nSPS) is 17.9. The molecule has 2 aromatic rings. The van der Waals surface area contributed by atoms with Gasteiger partial charge in [0, 0.05) is 44.5 Å². The Morgan fingerprint density at radius 2 is 1.84 bits per heavy atom. The summed E-state index contributed by atoms with van der Waals surface area (Å²) in [6.45, 7) is 9.01. The average molecular weight is 537 g/mol. The lowest BCUT2D eigenvalue weighted by atomic mass is 10.0. The van der Waals surface area contributed by atoms with Crippen molar-refractivity contribution in [2.75, 3.05) is 45.1 Å². The molecule has 1 saturated heterocycles. The van der Waals surface area contributed by atoms with Gasteiger partial charge in [-0.15, -0.1) is 24.0 Å². The second-order valence-electron chi connectivity index (χ2n) is 8.16. The van der Waals surface area contributed by atoms with Crippen LogP contribution in [0, 0.1) is 0 Å². The summed E-state index contributed by atoms with van der Waals surface area (Å²) in [6, 6.07) is 19.0. The van der Waals surface area contributed by atoms with Crippen LogP contribution in [-0.2, 0) is 0 Å². The van der Waals surface area contributed by atoms with Crippen LogP contribution in [-0.4, -0.2) is 61.6 Å². The molecule has 1 unspecified atom stereocenters. The highest BCUT2D eigenvalue weighted by molar-refractivity contribution is 14.0. The summed E-state index contributed by atoms with van der Waals surface area (Å²) >= 11 is 0. The number of anilines is 1. The lowest BCUT2D eigenvalue weighted by Crippen LogP contribution is -2.47. The maximum absolute atomic E-state index is 6.07. The van der Waals surface area contributed by atoms with Gasteiger partial charge in [-0.05, 0) is 57.1 Å². The van der Waals surface area contributed by atoms with Gasteiger partial charge >= 0.3 is 0 Å². The number of likely N-dealkylation sites (N-methyl/N-ethyl adjacent to an activating group) is 1. The first kappa shape index (κ1) is 25.4. The van der Waals surface area contributed by atoms with Crippen molar-refractivity contribution >= 4 is 35.6 Å². The van der Waals surface area contributed by atoms with E-state index >= 15 is 0 Å². The number of guanidine groups is 1. The van der Waals surface area contributed by atoms with E-state index in [1.807, 2.05) is 38.1 Å². The summed E-state index contributed by atoms with van der Waals surface area (Å²) in [6.07, 6.45) is 1.15. The summed E-state index contributed by atoms with van der Waals surface area (Å²) in [4.78, 5) is 9.48. The van der Waals surface area contributed by atoms with Crippen LogP contribution >= 0.6 is 24.0 Å². The fraction of sp³-hybridized carbons (Fsp3) is 0.458. The van der Waals surface area contributed by atoms with E-state index in [0.29, 0.717) is 18.5 Å². The molecule has 0 aromatic heterocycles. The number of rotatable bonds is 8. The Hall–Kier alpha value is -1.84. The second kappa shape index (κ2) is 12.9. The van der Waals surface area contributed by atoms with Crippen LogP contribution < -0.4 is 15.8 Å². The number of benzene rings is 2. The average Bonchev–Trinajstić information content (AvgIpc) is 2.74. The first-order chi connectivity index (χ1) is 14.5. The number of piperazine rings is 1. The maximum Gasteiger partial charge on any atom is 0.193 e. The highest BCUT2D eigenvalue weighted by atomic mass is 127. The van der Waals surface area contributed by atoms with Crippen LogP contribution in [0.15, 0.2) is 59.6 Å². The van der Waals surface area contributed by atoms with E-state index in [1.165, 1.54) is 5.56 Å². The van der Waals surface area contributed by atoms with Gasteiger partial charge in [-0.3, -0.25) is 9.89 Å². The standard InChI is InChI=1S/C24H35N5O.HI/c1-19(2)30-22-12-10-21(11-13-22)27-24(25)26-14-7-15-29-17-16-28(3)18-23(29)20-8-5-4-6-9-20;/h4-6,8-13,19,23H,7,14-18H2,1-3H3,(H3,25,26,27);1H. The maximum atomic E-state index is 6.07. The van der Waals surface area contributed by atoms with Crippen molar-refractivity contribution in [3.63, 3.8) is 0 Å². The molecule has 1 atom stereocenters. The van der Waals surface area contributed by atoms with Crippen LogP contribution in [0.2, 0.25) is 0 Å². The van der Waals surface area contributed by atoms with E-state index in [4.69, 9.17) is 10.5 Å². The van der Waals surface area contributed by atoms with E-state index < -0.39 is 0 Å². The third-order valence-corrected chi connectivity index (χ3v) is 5.26. The molecule has 0 saturated carbocycles. The summed E-state index contributed by atoms with van der Waals surface area (Å²) in [5.74, 6) is 1.30. The molecule has 2 aromatic carbocycles. The molecule has 0 bridgehead atoms. The van der Waals surface area contributed by atoms with Crippen LogP contribution in [0.25, 0.3) is 0 Å². The van der Waals surface area contributed by atoms with Crippen LogP contribution in [0.4, 0.5) is 5.69 Å². The quantitative estimate of drug-likeness (QED) is 0.229. The molecule has 0 radical (unpaired) electrons. The molecule has 1 fully saturated rings. The summed E-state index contributed by atoms with van der Waals surface area (Å²) in [5.41, 5.74) is 8.37. The van der Waals surface area contributed by atoms with Gasteiger partial charge in [-0.25, -0.2) is 0 Å². The molecule has 1 aliphatic rings. The largest absolute Gasteiger partial charge is 0.491 e. The van der Waals surface area contributed by atoms with Gasteiger partial charge in [0.15, 0.2) is 5.96 Å². The number of ether oxygens (including phenoxy) is 1. The molecule has 1 aliphatic heterocycles. The third kappa shape index (κ3) is 8.31. The minimum atomic E-state index is 0. The molecule has 1 heterocycles. The Morgan fingerprint density at radius 1 is 1.13 bits per heavy atom. The van der Waals surface area contributed by atoms with Crippen LogP contribution in [0.1, 0.15) is 31.9 Å². The van der Waals surface area contributed by atoms with Gasteiger partial charge in [0.2, 0.25) is 0 Å². The number of nitrogens with one attached hydrogen (secondary N) is 1. The molecule has 3 rings (SSSR count). The topological polar surface area (TPSA) is 66.1 Å². The zero-order chi connectivity index (χ0) is 21.3. The van der Waals surface area contributed by atoms with Crippen molar-refractivity contribution in [1.82, 2.24) is 9.80 Å². The molecule has 7 heteroatoms. The number of nitrogens with two attached hydrogens (primary N) is 1. The molecule has 31 heavy (non-hydrogen) atoms. The Labute approximate surface area is 203 Å². The summed E-state index contributed by atoms with van der Waals surface area (Å²) in [7, 11) is 2.20. The molecular formula is C24H36IN5O. The number of aliphatic imine (C=N–C) groups is 1. The van der Waals surface area contributed by atoms with E-state index in [9.17, 15) is 0 Å². The zero-order valence-electron chi connectivity index (χ0n) is 18.8. The van der Waals surface area contributed by atoms with Gasteiger partial charge < -0.3 is 20.7 Å². The number of hydrogen-bond acceptors (Lipinski definition) is 4. The first-order valence-corrected chi connectivity index (χ1v) is 10.8. The van der Waals surface area contributed by atoms with Gasteiger partial charge in [0.25, 0.3) is 0 Å². The SMILES string of the molecule is CC(C)Oc1ccc(NC(N)=NCCCN2CCN(C)CC2c2ccccc2)cc1.I. The predicted molar refractivity (Wildman–Crippen MR) is 141 cm³/mol. The smallest absolute Gasteiger partial charge is 0.193 e. The highest BCUT2D eigenvalue weighted by Gasteiger charge is 2.25. The van der Waals surface area contributed by atoms with E-state index in [1.54, 1.807) is 0 Å². The Balaban J connectivity index is 0.00000341. The zero-order valence-corrected chi connectivity index (χ0v) is 21.2. The molecular weight excluding hydrogens is 501 g/mol. The minimum absolute atomic E-state index is 0. The summed E-state index contributed by atoms with van der Waals surface area (Å²) < 4.78 is 5.66. The second-order valence-corrected chi connectivity index (χ2v) is 8.16. The molecule has 0 spiro atoms. The Bertz CT molecular complexity index is 797. The number of hydrogen-bond donors (Lipinski definition) is 2. The van der Waals surface area contributed by atoms with Crippen molar-refractivity contribution in [3.8, 4) is 5.75 Å². The molecule has 0 aliphatic carbocycles. The highest BCUT2D eigenvalue weighted by Crippen LogP contribution is 2.24. The molecule has 170 valence electrons. The summed E-state index contributed by atoms with van der Waals surface area (Å²) in [5, 5.41) is 3.15. The van der Waals surface area contributed by atoms with E-state index in [2.05, 4.69) is 57.5 Å². The predicted octanol–water partition coefficient (Wildman–Crippen LogP) is 4.20. The molecule has 3 N–H and O–H groups in total. The molecule has 0 amide bonds. The number of nitrogens with zero attached hydrogens (tertiary/aromatic N) is 3. The first-order valence-electron chi connectivity index (χ1n) is 10.8. The minimum Gasteiger partial charge on any atom is -0.491 e. The Kier molecular flexibility index (Phi) is 10.6. The van der Waals surface area contributed by atoms with Crippen LogP contribution in [0.5, 0.6) is 5.75 Å². The third-order valence-electron chi connectivity index (χ3n) is 5.26. The number of halogens is 1. The van der Waals surface area contributed by atoms with Crippen molar-refractivity contribution in [2.24, 2.45) is 10.7 Å². The Morgan fingerprint density at radius 3 is 2.52 bits per heavy atom. The van der Waals surface area contributed by atoms with E-state index in [-0.39, 0.29) is 30.1 Å². The fourth-order valence-corrected chi connectivity index (χ4v) is 3.77. The monoisotopic (exact) mass is 537 g/mol. The van der Waals surface area contributed by atoms with Gasteiger partial charge in [-0.2, -0.15) is 0 Å². The fourth-order valence-electron chi connectivity index (χ4n) is 3.77. The lowest BCUT2D eigenvalue weighted by molar-refractivity contribution is 0.0894. The van der Waals surface area contributed by atoms with Gasteiger partial charge in [0.05, 0.1) is 6.10 Å².